The van der Waals surface area contributed by atoms with E-state index in [1.165, 1.54) is 0 Å². The average Bonchev–Trinajstić information content (AvgIpc) is 2.48. The lowest BCUT2D eigenvalue weighted by molar-refractivity contribution is 0.393. The molecule has 1 heterocycles. The number of nitrogens with zero attached hydrogens (tertiary/aromatic N) is 1. The third-order valence-electron chi connectivity index (χ3n) is 3.22. The van der Waals surface area contributed by atoms with Crippen LogP contribution in [0.1, 0.15) is 24.2 Å². The van der Waals surface area contributed by atoms with Gasteiger partial charge in [-0.1, -0.05) is 6.07 Å². The average molecular weight is 272 g/mol. The van der Waals surface area contributed by atoms with Gasteiger partial charge in [-0.25, -0.2) is 0 Å². The summed E-state index contributed by atoms with van der Waals surface area (Å²) in [5.74, 6) is 2.30. The Labute approximate surface area is 119 Å². The molecule has 0 aliphatic carbocycles. The minimum absolute atomic E-state index is 0.125. The smallest absolute Gasteiger partial charge is 0.145 e. The van der Waals surface area contributed by atoms with Gasteiger partial charge in [-0.3, -0.25) is 4.98 Å². The Kier molecular flexibility index (Phi) is 4.58. The first-order valence-electron chi connectivity index (χ1n) is 6.60. The highest BCUT2D eigenvalue weighted by Crippen LogP contribution is 2.36. The SMILES string of the molecule is CNC(C)c1c(OC)cccc1Oc1ccc(C)nc1. The van der Waals surface area contributed by atoms with E-state index >= 15 is 0 Å². The van der Waals surface area contributed by atoms with Gasteiger partial charge in [0.2, 0.25) is 0 Å². The second-order valence-corrected chi connectivity index (χ2v) is 4.62. The molecule has 1 unspecified atom stereocenters. The molecule has 2 rings (SSSR count). The molecule has 0 saturated heterocycles. The molecule has 106 valence electrons. The van der Waals surface area contributed by atoms with E-state index in [0.717, 1.165) is 22.8 Å². The van der Waals surface area contributed by atoms with Crippen molar-refractivity contribution in [3.63, 3.8) is 0 Å². The second kappa shape index (κ2) is 6.39. The van der Waals surface area contributed by atoms with Crippen molar-refractivity contribution in [3.8, 4) is 17.2 Å². The molecule has 0 radical (unpaired) electrons. The minimum Gasteiger partial charge on any atom is -0.496 e. The second-order valence-electron chi connectivity index (χ2n) is 4.62. The van der Waals surface area contributed by atoms with Crippen LogP contribution in [0.2, 0.25) is 0 Å². The van der Waals surface area contributed by atoms with Crippen molar-refractivity contribution < 1.29 is 9.47 Å². The van der Waals surface area contributed by atoms with Gasteiger partial charge in [-0.2, -0.15) is 0 Å². The number of pyridine rings is 1. The molecule has 1 N–H and O–H groups in total. The summed E-state index contributed by atoms with van der Waals surface area (Å²) in [4.78, 5) is 4.24. The minimum atomic E-state index is 0.125. The van der Waals surface area contributed by atoms with Crippen LogP contribution in [-0.4, -0.2) is 19.1 Å². The van der Waals surface area contributed by atoms with Crippen LogP contribution in [0.4, 0.5) is 0 Å². The Morgan fingerprint density at radius 3 is 2.50 bits per heavy atom. The van der Waals surface area contributed by atoms with Crippen LogP contribution in [0.15, 0.2) is 36.5 Å². The van der Waals surface area contributed by atoms with Crippen molar-refractivity contribution in [1.29, 1.82) is 0 Å². The fourth-order valence-electron chi connectivity index (χ4n) is 2.00. The van der Waals surface area contributed by atoms with E-state index in [0.29, 0.717) is 5.75 Å². The van der Waals surface area contributed by atoms with Gasteiger partial charge in [0.05, 0.1) is 18.9 Å². The Morgan fingerprint density at radius 2 is 1.90 bits per heavy atom. The van der Waals surface area contributed by atoms with Gasteiger partial charge in [0.15, 0.2) is 0 Å². The van der Waals surface area contributed by atoms with Gasteiger partial charge in [-0.05, 0) is 45.2 Å². The summed E-state index contributed by atoms with van der Waals surface area (Å²) >= 11 is 0. The number of ether oxygens (including phenoxy) is 2. The zero-order valence-corrected chi connectivity index (χ0v) is 12.3. The summed E-state index contributed by atoms with van der Waals surface area (Å²) in [6.45, 7) is 4.02. The van der Waals surface area contributed by atoms with Gasteiger partial charge in [0, 0.05) is 11.7 Å². The third kappa shape index (κ3) is 3.08. The molecule has 1 aromatic carbocycles. The molecule has 2 aromatic rings. The summed E-state index contributed by atoms with van der Waals surface area (Å²) in [5.41, 5.74) is 1.96. The van der Waals surface area contributed by atoms with E-state index in [-0.39, 0.29) is 6.04 Å². The molecule has 1 aromatic heterocycles. The van der Waals surface area contributed by atoms with E-state index < -0.39 is 0 Å². The first-order chi connectivity index (χ1) is 9.65. The monoisotopic (exact) mass is 272 g/mol. The van der Waals surface area contributed by atoms with E-state index in [2.05, 4.69) is 17.2 Å². The predicted molar refractivity (Wildman–Crippen MR) is 79.5 cm³/mol. The first kappa shape index (κ1) is 14.3. The third-order valence-corrected chi connectivity index (χ3v) is 3.22. The number of benzene rings is 1. The lowest BCUT2D eigenvalue weighted by Crippen LogP contribution is -2.14. The summed E-state index contributed by atoms with van der Waals surface area (Å²) < 4.78 is 11.4. The fraction of sp³-hybridized carbons (Fsp3) is 0.312. The maximum Gasteiger partial charge on any atom is 0.145 e. The molecule has 1 atom stereocenters. The number of rotatable bonds is 5. The number of aromatic nitrogens is 1. The Morgan fingerprint density at radius 1 is 1.15 bits per heavy atom. The van der Waals surface area contributed by atoms with Crippen LogP contribution in [0, 0.1) is 6.92 Å². The summed E-state index contributed by atoms with van der Waals surface area (Å²) in [7, 11) is 3.58. The van der Waals surface area contributed by atoms with Crippen molar-refractivity contribution in [3.05, 3.63) is 47.8 Å². The molecule has 0 bridgehead atoms. The number of methoxy groups -OCH3 is 1. The lowest BCUT2D eigenvalue weighted by atomic mass is 10.1. The van der Waals surface area contributed by atoms with Gasteiger partial charge < -0.3 is 14.8 Å². The topological polar surface area (TPSA) is 43.4 Å². The largest absolute Gasteiger partial charge is 0.496 e. The van der Waals surface area contributed by atoms with E-state index in [4.69, 9.17) is 9.47 Å². The van der Waals surface area contributed by atoms with Gasteiger partial charge in [0.25, 0.3) is 0 Å². The highest BCUT2D eigenvalue weighted by Gasteiger charge is 2.16. The maximum absolute atomic E-state index is 5.95. The van der Waals surface area contributed by atoms with Gasteiger partial charge >= 0.3 is 0 Å². The van der Waals surface area contributed by atoms with E-state index in [9.17, 15) is 0 Å². The molecule has 0 fully saturated rings. The number of hydrogen-bond donors (Lipinski definition) is 1. The Bertz CT molecular complexity index is 567. The quantitative estimate of drug-likeness (QED) is 0.905. The molecule has 4 nitrogen and oxygen atoms in total. The van der Waals surface area contributed by atoms with Crippen LogP contribution in [0.3, 0.4) is 0 Å². The van der Waals surface area contributed by atoms with Crippen molar-refractivity contribution in [1.82, 2.24) is 10.3 Å². The standard InChI is InChI=1S/C16H20N2O2/c1-11-8-9-13(10-18-11)20-15-7-5-6-14(19-4)16(15)12(2)17-3/h5-10,12,17H,1-4H3. The first-order valence-corrected chi connectivity index (χ1v) is 6.60. The summed E-state index contributed by atoms with van der Waals surface area (Å²) in [6.07, 6.45) is 1.72. The molecule has 0 aliphatic heterocycles. The highest BCUT2D eigenvalue weighted by molar-refractivity contribution is 5.48. The van der Waals surface area contributed by atoms with Crippen molar-refractivity contribution in [2.45, 2.75) is 19.9 Å². The van der Waals surface area contributed by atoms with Crippen LogP contribution < -0.4 is 14.8 Å². The van der Waals surface area contributed by atoms with Crippen molar-refractivity contribution in [2.75, 3.05) is 14.2 Å². The molecular weight excluding hydrogens is 252 g/mol. The maximum atomic E-state index is 5.95. The van der Waals surface area contributed by atoms with Crippen molar-refractivity contribution >= 4 is 0 Å². The zero-order valence-electron chi connectivity index (χ0n) is 12.3. The van der Waals surface area contributed by atoms with E-state index in [1.54, 1.807) is 13.3 Å². The summed E-state index contributed by atoms with van der Waals surface area (Å²) in [5, 5.41) is 3.22. The molecule has 0 saturated carbocycles. The van der Waals surface area contributed by atoms with Crippen molar-refractivity contribution in [2.24, 2.45) is 0 Å². The fourth-order valence-corrected chi connectivity index (χ4v) is 2.00. The zero-order chi connectivity index (χ0) is 14.5. The van der Waals surface area contributed by atoms with Crippen LogP contribution >= 0.6 is 0 Å². The van der Waals surface area contributed by atoms with Crippen LogP contribution in [0.25, 0.3) is 0 Å². The van der Waals surface area contributed by atoms with Gasteiger partial charge in [0.1, 0.15) is 17.2 Å². The number of aryl methyl sites for hydroxylation is 1. The van der Waals surface area contributed by atoms with E-state index in [1.807, 2.05) is 44.3 Å². The molecule has 0 aliphatic rings. The molecule has 4 heteroatoms. The predicted octanol–water partition coefficient (Wildman–Crippen LogP) is 3.47. The van der Waals surface area contributed by atoms with Crippen LogP contribution in [0.5, 0.6) is 17.2 Å². The molecular formula is C16H20N2O2. The Balaban J connectivity index is 2.37. The highest BCUT2D eigenvalue weighted by atomic mass is 16.5. The Hall–Kier alpha value is -2.07. The van der Waals surface area contributed by atoms with Gasteiger partial charge in [-0.15, -0.1) is 0 Å². The lowest BCUT2D eigenvalue weighted by Gasteiger charge is -2.19. The number of nitrogens with one attached hydrogen (secondary N) is 1. The normalized spacial score (nSPS) is 12.0. The van der Waals surface area contributed by atoms with Crippen LogP contribution in [-0.2, 0) is 0 Å². The molecule has 0 spiro atoms. The molecule has 0 amide bonds. The number of hydrogen-bond acceptors (Lipinski definition) is 4. The molecule has 20 heavy (non-hydrogen) atoms. The summed E-state index contributed by atoms with van der Waals surface area (Å²) in [6, 6.07) is 9.75.